The van der Waals surface area contributed by atoms with Gasteiger partial charge in [-0.05, 0) is 24.1 Å². The quantitative estimate of drug-likeness (QED) is 0.528. The SMILES string of the molecule is CCCCCCCCC(O)c1cc(F)c(F)c(F)c1. The summed E-state index contributed by atoms with van der Waals surface area (Å²) in [6.07, 6.45) is 5.95. The Labute approximate surface area is 112 Å². The summed E-state index contributed by atoms with van der Waals surface area (Å²) in [4.78, 5) is 0. The lowest BCUT2D eigenvalue weighted by Gasteiger charge is -2.11. The van der Waals surface area contributed by atoms with Gasteiger partial charge in [-0.15, -0.1) is 0 Å². The molecule has 1 aromatic rings. The topological polar surface area (TPSA) is 20.2 Å². The fourth-order valence-corrected chi connectivity index (χ4v) is 2.05. The minimum absolute atomic E-state index is 0.102. The molecule has 0 saturated heterocycles. The average molecular weight is 274 g/mol. The minimum Gasteiger partial charge on any atom is -0.388 e. The highest BCUT2D eigenvalue weighted by atomic mass is 19.2. The van der Waals surface area contributed by atoms with Crippen molar-refractivity contribution in [3.05, 3.63) is 35.1 Å². The van der Waals surface area contributed by atoms with Crippen LogP contribution in [0.1, 0.15) is 63.5 Å². The normalized spacial score (nSPS) is 12.7. The van der Waals surface area contributed by atoms with Crippen molar-refractivity contribution in [2.75, 3.05) is 0 Å². The van der Waals surface area contributed by atoms with Gasteiger partial charge in [0.2, 0.25) is 0 Å². The number of halogens is 3. The molecule has 0 heterocycles. The van der Waals surface area contributed by atoms with Crippen LogP contribution in [-0.4, -0.2) is 5.11 Å². The molecule has 0 spiro atoms. The van der Waals surface area contributed by atoms with E-state index in [2.05, 4.69) is 6.92 Å². The second-order valence-electron chi connectivity index (χ2n) is 4.87. The van der Waals surface area contributed by atoms with Crippen molar-refractivity contribution < 1.29 is 18.3 Å². The van der Waals surface area contributed by atoms with Crippen LogP contribution in [0.2, 0.25) is 0 Å². The maximum absolute atomic E-state index is 13.0. The van der Waals surface area contributed by atoms with Gasteiger partial charge in [0, 0.05) is 0 Å². The van der Waals surface area contributed by atoms with Crippen molar-refractivity contribution in [1.82, 2.24) is 0 Å². The van der Waals surface area contributed by atoms with Crippen LogP contribution in [0.4, 0.5) is 13.2 Å². The molecule has 0 bridgehead atoms. The molecule has 1 nitrogen and oxygen atoms in total. The van der Waals surface area contributed by atoms with Gasteiger partial charge < -0.3 is 5.11 Å². The fraction of sp³-hybridized carbons (Fsp3) is 0.600. The van der Waals surface area contributed by atoms with Gasteiger partial charge in [-0.1, -0.05) is 45.4 Å². The molecule has 0 amide bonds. The Morgan fingerprint density at radius 3 is 2.05 bits per heavy atom. The third kappa shape index (κ3) is 5.23. The largest absolute Gasteiger partial charge is 0.388 e. The van der Waals surface area contributed by atoms with Crippen molar-refractivity contribution in [1.29, 1.82) is 0 Å². The Kier molecular flexibility index (Phi) is 6.92. The molecular formula is C15H21F3O. The second-order valence-corrected chi connectivity index (χ2v) is 4.87. The molecule has 4 heteroatoms. The Morgan fingerprint density at radius 1 is 0.947 bits per heavy atom. The standard InChI is InChI=1S/C15H21F3O/c1-2-3-4-5-6-7-8-14(19)11-9-12(16)15(18)13(17)10-11/h9-10,14,19H,2-8H2,1H3. The number of aliphatic hydroxyl groups is 1. The smallest absolute Gasteiger partial charge is 0.194 e. The number of benzene rings is 1. The average Bonchev–Trinajstić information content (AvgIpc) is 2.39. The lowest BCUT2D eigenvalue weighted by molar-refractivity contribution is 0.162. The van der Waals surface area contributed by atoms with E-state index in [-0.39, 0.29) is 5.56 Å². The first kappa shape index (κ1) is 16.0. The molecular weight excluding hydrogens is 253 g/mol. The van der Waals surface area contributed by atoms with Gasteiger partial charge in [0.15, 0.2) is 17.5 Å². The Morgan fingerprint density at radius 2 is 1.47 bits per heavy atom. The summed E-state index contributed by atoms with van der Waals surface area (Å²) < 4.78 is 38.8. The van der Waals surface area contributed by atoms with E-state index in [0.29, 0.717) is 6.42 Å². The zero-order valence-electron chi connectivity index (χ0n) is 11.3. The maximum atomic E-state index is 13.0. The van der Waals surface area contributed by atoms with Gasteiger partial charge in [-0.3, -0.25) is 0 Å². The first-order valence-electron chi connectivity index (χ1n) is 6.88. The van der Waals surface area contributed by atoms with Crippen LogP contribution in [0, 0.1) is 17.5 Å². The van der Waals surface area contributed by atoms with E-state index in [4.69, 9.17) is 0 Å². The van der Waals surface area contributed by atoms with E-state index in [1.807, 2.05) is 0 Å². The van der Waals surface area contributed by atoms with Crippen molar-refractivity contribution in [3.8, 4) is 0 Å². The summed E-state index contributed by atoms with van der Waals surface area (Å²) in [7, 11) is 0. The first-order valence-corrected chi connectivity index (χ1v) is 6.88. The summed E-state index contributed by atoms with van der Waals surface area (Å²) in [6, 6.07) is 1.72. The van der Waals surface area contributed by atoms with Gasteiger partial charge in [0.05, 0.1) is 6.10 Å². The highest BCUT2D eigenvalue weighted by Gasteiger charge is 2.15. The van der Waals surface area contributed by atoms with E-state index in [1.165, 1.54) is 19.3 Å². The first-order chi connectivity index (χ1) is 9.06. The molecule has 0 aliphatic rings. The van der Waals surface area contributed by atoms with Gasteiger partial charge >= 0.3 is 0 Å². The molecule has 1 rings (SSSR count). The van der Waals surface area contributed by atoms with Gasteiger partial charge in [0.25, 0.3) is 0 Å². The summed E-state index contributed by atoms with van der Waals surface area (Å²) >= 11 is 0. The lowest BCUT2D eigenvalue weighted by Crippen LogP contribution is -2.01. The zero-order valence-corrected chi connectivity index (χ0v) is 11.3. The summed E-state index contributed by atoms with van der Waals surface area (Å²) in [5.74, 6) is -4.00. The van der Waals surface area contributed by atoms with E-state index in [1.54, 1.807) is 0 Å². The molecule has 0 aliphatic heterocycles. The zero-order chi connectivity index (χ0) is 14.3. The molecule has 1 atom stereocenters. The summed E-state index contributed by atoms with van der Waals surface area (Å²) in [5, 5.41) is 9.81. The van der Waals surface area contributed by atoms with E-state index < -0.39 is 23.6 Å². The molecule has 1 aromatic carbocycles. The number of aliphatic hydroxyl groups excluding tert-OH is 1. The number of rotatable bonds is 8. The fourth-order valence-electron chi connectivity index (χ4n) is 2.05. The van der Waals surface area contributed by atoms with Crippen LogP contribution in [-0.2, 0) is 0 Å². The molecule has 1 N–H and O–H groups in total. The summed E-state index contributed by atoms with van der Waals surface area (Å²) in [6.45, 7) is 2.14. The molecule has 19 heavy (non-hydrogen) atoms. The second kappa shape index (κ2) is 8.20. The van der Waals surface area contributed by atoms with Crippen LogP contribution in [0.3, 0.4) is 0 Å². The molecule has 0 radical (unpaired) electrons. The third-order valence-electron chi connectivity index (χ3n) is 3.22. The van der Waals surface area contributed by atoms with Crippen molar-refractivity contribution >= 4 is 0 Å². The molecule has 0 aromatic heterocycles. The summed E-state index contributed by atoms with van der Waals surface area (Å²) in [5.41, 5.74) is 0.102. The number of hydrogen-bond acceptors (Lipinski definition) is 1. The van der Waals surface area contributed by atoms with E-state index in [9.17, 15) is 18.3 Å². The van der Waals surface area contributed by atoms with E-state index >= 15 is 0 Å². The molecule has 0 fully saturated rings. The minimum atomic E-state index is -1.49. The van der Waals surface area contributed by atoms with Crippen LogP contribution in [0.25, 0.3) is 0 Å². The lowest BCUT2D eigenvalue weighted by atomic mass is 10.0. The van der Waals surface area contributed by atoms with Crippen molar-refractivity contribution in [3.63, 3.8) is 0 Å². The van der Waals surface area contributed by atoms with Crippen LogP contribution >= 0.6 is 0 Å². The van der Waals surface area contributed by atoms with Crippen molar-refractivity contribution in [2.24, 2.45) is 0 Å². The highest BCUT2D eigenvalue weighted by Crippen LogP contribution is 2.23. The van der Waals surface area contributed by atoms with Gasteiger partial charge in [0.1, 0.15) is 0 Å². The maximum Gasteiger partial charge on any atom is 0.194 e. The number of unbranched alkanes of at least 4 members (excludes halogenated alkanes) is 5. The molecule has 0 saturated carbocycles. The van der Waals surface area contributed by atoms with E-state index in [0.717, 1.165) is 31.4 Å². The Hall–Kier alpha value is -1.03. The molecule has 1 unspecified atom stereocenters. The Balaban J connectivity index is 2.39. The Bertz CT molecular complexity index is 370. The van der Waals surface area contributed by atoms with Crippen molar-refractivity contribution in [2.45, 2.75) is 58.0 Å². The third-order valence-corrected chi connectivity index (χ3v) is 3.22. The van der Waals surface area contributed by atoms with Crippen LogP contribution < -0.4 is 0 Å². The molecule has 0 aliphatic carbocycles. The highest BCUT2D eigenvalue weighted by molar-refractivity contribution is 5.21. The predicted octanol–water partition coefficient (Wildman–Crippen LogP) is 4.89. The van der Waals surface area contributed by atoms with Crippen LogP contribution in [0.15, 0.2) is 12.1 Å². The number of hydrogen-bond donors (Lipinski definition) is 1. The predicted molar refractivity (Wildman–Crippen MR) is 69.3 cm³/mol. The van der Waals surface area contributed by atoms with Gasteiger partial charge in [-0.2, -0.15) is 0 Å². The van der Waals surface area contributed by atoms with Crippen LogP contribution in [0.5, 0.6) is 0 Å². The van der Waals surface area contributed by atoms with Gasteiger partial charge in [-0.25, -0.2) is 13.2 Å². The monoisotopic (exact) mass is 274 g/mol. The molecule has 108 valence electrons.